The third-order valence-corrected chi connectivity index (χ3v) is 3.14. The van der Waals surface area contributed by atoms with Crippen molar-refractivity contribution in [3.05, 3.63) is 0 Å². The molecular formula is C12H21NO4. The Hall–Kier alpha value is -1.10. The molecule has 0 amide bonds. The van der Waals surface area contributed by atoms with Gasteiger partial charge < -0.3 is 9.47 Å². The predicted octanol–water partition coefficient (Wildman–Crippen LogP) is 0.967. The zero-order valence-electron chi connectivity index (χ0n) is 10.6. The van der Waals surface area contributed by atoms with Crippen LogP contribution in [0.2, 0.25) is 0 Å². The van der Waals surface area contributed by atoms with Crippen molar-refractivity contribution in [1.82, 2.24) is 4.90 Å². The van der Waals surface area contributed by atoms with Crippen molar-refractivity contribution in [3.63, 3.8) is 0 Å². The first kappa shape index (κ1) is 14.0. The van der Waals surface area contributed by atoms with Crippen LogP contribution >= 0.6 is 0 Å². The Kier molecular flexibility index (Phi) is 5.97. The van der Waals surface area contributed by atoms with Crippen LogP contribution < -0.4 is 0 Å². The molecule has 0 unspecified atom stereocenters. The Balaban J connectivity index is 2.37. The molecule has 1 saturated heterocycles. The number of carbonyl (C=O) groups excluding carboxylic acids is 2. The fourth-order valence-electron chi connectivity index (χ4n) is 2.19. The molecule has 0 aromatic heterocycles. The van der Waals surface area contributed by atoms with E-state index in [1.165, 1.54) is 14.2 Å². The monoisotopic (exact) mass is 243 g/mol. The fourth-order valence-corrected chi connectivity index (χ4v) is 2.19. The number of hydrogen-bond acceptors (Lipinski definition) is 5. The van der Waals surface area contributed by atoms with E-state index in [1.807, 2.05) is 0 Å². The van der Waals surface area contributed by atoms with E-state index in [0.29, 0.717) is 6.42 Å². The molecule has 1 aliphatic heterocycles. The summed E-state index contributed by atoms with van der Waals surface area (Å²) in [5.41, 5.74) is 0. The Bertz CT molecular complexity index is 267. The van der Waals surface area contributed by atoms with Gasteiger partial charge >= 0.3 is 11.9 Å². The van der Waals surface area contributed by atoms with Crippen molar-refractivity contribution >= 4 is 11.9 Å². The Morgan fingerprint density at radius 3 is 2.65 bits per heavy atom. The zero-order valence-corrected chi connectivity index (χ0v) is 10.6. The van der Waals surface area contributed by atoms with Crippen LogP contribution in [0.15, 0.2) is 0 Å². The van der Waals surface area contributed by atoms with Crippen LogP contribution in [-0.4, -0.2) is 50.2 Å². The van der Waals surface area contributed by atoms with Crippen LogP contribution in [0.3, 0.4) is 0 Å². The molecule has 1 aliphatic rings. The second-order valence-corrected chi connectivity index (χ2v) is 4.25. The highest BCUT2D eigenvalue weighted by atomic mass is 16.5. The molecule has 5 nitrogen and oxygen atoms in total. The molecule has 0 aromatic rings. The second kappa shape index (κ2) is 7.27. The average Bonchev–Trinajstić information content (AvgIpc) is 2.38. The van der Waals surface area contributed by atoms with Crippen LogP contribution in [0.1, 0.15) is 32.1 Å². The van der Waals surface area contributed by atoms with E-state index in [1.54, 1.807) is 0 Å². The van der Waals surface area contributed by atoms with E-state index in [-0.39, 0.29) is 18.0 Å². The highest BCUT2D eigenvalue weighted by Gasteiger charge is 2.28. The standard InChI is InChI=1S/C12H21NO4/c1-16-11(14)7-5-9-13-8-4-3-6-10(13)12(15)17-2/h10H,3-9H2,1-2H3/t10-/m1/s1. The van der Waals surface area contributed by atoms with Gasteiger partial charge in [0.1, 0.15) is 6.04 Å². The lowest BCUT2D eigenvalue weighted by atomic mass is 10.0. The van der Waals surface area contributed by atoms with Gasteiger partial charge in [-0.25, -0.2) is 0 Å². The summed E-state index contributed by atoms with van der Waals surface area (Å²) >= 11 is 0. The normalized spacial score (nSPS) is 20.9. The van der Waals surface area contributed by atoms with Gasteiger partial charge in [-0.05, 0) is 32.4 Å². The first-order valence-corrected chi connectivity index (χ1v) is 6.07. The number of hydrogen-bond donors (Lipinski definition) is 0. The van der Waals surface area contributed by atoms with Gasteiger partial charge in [-0.1, -0.05) is 6.42 Å². The second-order valence-electron chi connectivity index (χ2n) is 4.25. The predicted molar refractivity (Wildman–Crippen MR) is 62.5 cm³/mol. The van der Waals surface area contributed by atoms with E-state index >= 15 is 0 Å². The topological polar surface area (TPSA) is 55.8 Å². The summed E-state index contributed by atoms with van der Waals surface area (Å²) in [7, 11) is 2.81. The maximum Gasteiger partial charge on any atom is 0.323 e. The molecule has 0 aliphatic carbocycles. The van der Waals surface area contributed by atoms with Crippen molar-refractivity contribution < 1.29 is 19.1 Å². The molecule has 0 spiro atoms. The molecule has 98 valence electrons. The number of carbonyl (C=O) groups is 2. The van der Waals surface area contributed by atoms with E-state index < -0.39 is 0 Å². The van der Waals surface area contributed by atoms with Crippen LogP contribution in [0.25, 0.3) is 0 Å². The van der Waals surface area contributed by atoms with Gasteiger partial charge in [0.15, 0.2) is 0 Å². The molecule has 0 aromatic carbocycles. The lowest BCUT2D eigenvalue weighted by Crippen LogP contribution is -2.45. The fraction of sp³-hybridized carbons (Fsp3) is 0.833. The molecule has 1 rings (SSSR count). The molecule has 1 atom stereocenters. The minimum absolute atomic E-state index is 0.133. The number of nitrogens with zero attached hydrogens (tertiary/aromatic N) is 1. The number of esters is 2. The molecule has 17 heavy (non-hydrogen) atoms. The third-order valence-electron chi connectivity index (χ3n) is 3.14. The number of likely N-dealkylation sites (tertiary alicyclic amines) is 1. The quantitative estimate of drug-likeness (QED) is 0.673. The van der Waals surface area contributed by atoms with Crippen LogP contribution in [-0.2, 0) is 19.1 Å². The maximum atomic E-state index is 11.6. The maximum absolute atomic E-state index is 11.6. The lowest BCUT2D eigenvalue weighted by molar-refractivity contribution is -0.148. The van der Waals surface area contributed by atoms with Crippen LogP contribution in [0, 0.1) is 0 Å². The largest absolute Gasteiger partial charge is 0.469 e. The van der Waals surface area contributed by atoms with Crippen molar-refractivity contribution in [1.29, 1.82) is 0 Å². The highest BCUT2D eigenvalue weighted by Crippen LogP contribution is 2.18. The molecule has 0 bridgehead atoms. The number of methoxy groups -OCH3 is 2. The Labute approximate surface area is 102 Å². The van der Waals surface area contributed by atoms with Crippen molar-refractivity contribution in [2.45, 2.75) is 38.1 Å². The summed E-state index contributed by atoms with van der Waals surface area (Å²) in [4.78, 5) is 24.7. The Morgan fingerprint density at radius 2 is 2.00 bits per heavy atom. The summed E-state index contributed by atoms with van der Waals surface area (Å²) in [6.07, 6.45) is 4.14. The summed E-state index contributed by atoms with van der Waals surface area (Å²) in [5, 5.41) is 0. The van der Waals surface area contributed by atoms with Crippen LogP contribution in [0.4, 0.5) is 0 Å². The first-order chi connectivity index (χ1) is 8.19. The van der Waals surface area contributed by atoms with Gasteiger partial charge in [0.05, 0.1) is 14.2 Å². The molecule has 0 N–H and O–H groups in total. The van der Waals surface area contributed by atoms with E-state index in [0.717, 1.165) is 38.8 Å². The summed E-state index contributed by atoms with van der Waals surface area (Å²) < 4.78 is 9.38. The van der Waals surface area contributed by atoms with Crippen LogP contribution in [0.5, 0.6) is 0 Å². The van der Waals surface area contributed by atoms with Gasteiger partial charge in [0.2, 0.25) is 0 Å². The van der Waals surface area contributed by atoms with Gasteiger partial charge in [-0.15, -0.1) is 0 Å². The van der Waals surface area contributed by atoms with Gasteiger partial charge in [-0.3, -0.25) is 14.5 Å². The summed E-state index contributed by atoms with van der Waals surface area (Å²) in [5.74, 6) is -0.362. The molecule has 1 heterocycles. The molecule has 5 heteroatoms. The Morgan fingerprint density at radius 1 is 1.24 bits per heavy atom. The van der Waals surface area contributed by atoms with Crippen molar-refractivity contribution in [2.75, 3.05) is 27.3 Å². The third kappa shape index (κ3) is 4.34. The van der Waals surface area contributed by atoms with Crippen molar-refractivity contribution in [2.24, 2.45) is 0 Å². The van der Waals surface area contributed by atoms with Gasteiger partial charge in [0.25, 0.3) is 0 Å². The lowest BCUT2D eigenvalue weighted by Gasteiger charge is -2.33. The van der Waals surface area contributed by atoms with E-state index in [4.69, 9.17) is 4.74 Å². The van der Waals surface area contributed by atoms with Gasteiger partial charge in [-0.2, -0.15) is 0 Å². The van der Waals surface area contributed by atoms with E-state index in [2.05, 4.69) is 9.64 Å². The smallest absolute Gasteiger partial charge is 0.323 e. The molecule has 0 radical (unpaired) electrons. The number of piperidine rings is 1. The molecular weight excluding hydrogens is 222 g/mol. The number of rotatable bonds is 5. The minimum Gasteiger partial charge on any atom is -0.469 e. The van der Waals surface area contributed by atoms with E-state index in [9.17, 15) is 9.59 Å². The average molecular weight is 243 g/mol. The summed E-state index contributed by atoms with van der Waals surface area (Å²) in [6.45, 7) is 1.65. The van der Waals surface area contributed by atoms with Crippen molar-refractivity contribution in [3.8, 4) is 0 Å². The number of ether oxygens (including phenoxy) is 2. The highest BCUT2D eigenvalue weighted by molar-refractivity contribution is 5.75. The molecule has 1 fully saturated rings. The zero-order chi connectivity index (χ0) is 12.7. The molecule has 0 saturated carbocycles. The summed E-state index contributed by atoms with van der Waals surface area (Å²) in [6, 6.07) is -0.133. The SMILES string of the molecule is COC(=O)CCCN1CCCC[C@@H]1C(=O)OC. The first-order valence-electron chi connectivity index (χ1n) is 6.07. The minimum atomic E-state index is -0.198. The van der Waals surface area contributed by atoms with Gasteiger partial charge in [0, 0.05) is 6.42 Å².